The van der Waals surface area contributed by atoms with Gasteiger partial charge in [0.2, 0.25) is 0 Å². The summed E-state index contributed by atoms with van der Waals surface area (Å²) in [5.74, 6) is 4.65. The van der Waals surface area contributed by atoms with Gasteiger partial charge in [0.05, 0.1) is 6.61 Å². The van der Waals surface area contributed by atoms with Crippen LogP contribution in [0.25, 0.3) is 0 Å². The van der Waals surface area contributed by atoms with Crippen molar-refractivity contribution in [1.29, 1.82) is 0 Å². The summed E-state index contributed by atoms with van der Waals surface area (Å²) in [5, 5.41) is 2.40. The SMILES string of the molecule is [B]OCc1ccc(NC(=O)ON)cc1. The van der Waals surface area contributed by atoms with Crippen molar-refractivity contribution in [2.24, 2.45) is 5.90 Å². The maximum Gasteiger partial charge on any atom is 0.430 e. The molecule has 0 spiro atoms. The van der Waals surface area contributed by atoms with Crippen molar-refractivity contribution in [3.05, 3.63) is 29.8 Å². The standard InChI is InChI=1S/C8H9BN2O3/c9-13-5-6-1-3-7(4-2-6)11-8(12)14-10/h1-4H,5,10H2,(H,11,12). The highest BCUT2D eigenvalue weighted by atomic mass is 16.7. The van der Waals surface area contributed by atoms with Gasteiger partial charge in [-0.25, -0.2) is 4.79 Å². The Labute approximate surface area is 82.6 Å². The van der Waals surface area contributed by atoms with Gasteiger partial charge in [-0.1, -0.05) is 12.1 Å². The van der Waals surface area contributed by atoms with E-state index in [1.807, 2.05) is 0 Å². The van der Waals surface area contributed by atoms with Crippen LogP contribution in [-0.4, -0.2) is 14.1 Å². The number of amides is 1. The zero-order valence-electron chi connectivity index (χ0n) is 7.40. The van der Waals surface area contributed by atoms with E-state index in [0.29, 0.717) is 12.3 Å². The summed E-state index contributed by atoms with van der Waals surface area (Å²) in [4.78, 5) is 14.6. The lowest BCUT2D eigenvalue weighted by molar-refractivity contribution is 0.163. The molecule has 0 aromatic heterocycles. The van der Waals surface area contributed by atoms with Crippen LogP contribution in [0.4, 0.5) is 10.5 Å². The van der Waals surface area contributed by atoms with E-state index >= 15 is 0 Å². The molecule has 0 bridgehead atoms. The molecule has 0 aliphatic rings. The van der Waals surface area contributed by atoms with Crippen LogP contribution in [0.5, 0.6) is 0 Å². The third-order valence-corrected chi connectivity index (χ3v) is 1.56. The van der Waals surface area contributed by atoms with Crippen molar-refractivity contribution in [1.82, 2.24) is 0 Å². The molecular formula is C8H9BN2O3. The number of anilines is 1. The van der Waals surface area contributed by atoms with Crippen molar-refractivity contribution in [3.63, 3.8) is 0 Å². The Morgan fingerprint density at radius 3 is 2.57 bits per heavy atom. The minimum absolute atomic E-state index is 0.321. The van der Waals surface area contributed by atoms with E-state index in [-0.39, 0.29) is 0 Å². The van der Waals surface area contributed by atoms with E-state index in [4.69, 9.17) is 8.05 Å². The first-order chi connectivity index (χ1) is 6.76. The summed E-state index contributed by atoms with van der Waals surface area (Å²) >= 11 is 0. The molecule has 1 aromatic carbocycles. The predicted molar refractivity (Wildman–Crippen MR) is 51.3 cm³/mol. The molecule has 1 amide bonds. The molecule has 0 unspecified atom stereocenters. The molecule has 6 heteroatoms. The Morgan fingerprint density at radius 1 is 1.43 bits per heavy atom. The molecule has 0 saturated carbocycles. The van der Waals surface area contributed by atoms with E-state index < -0.39 is 6.09 Å². The van der Waals surface area contributed by atoms with Crippen molar-refractivity contribution in [2.45, 2.75) is 6.61 Å². The Balaban J connectivity index is 2.59. The number of hydrogen-bond donors (Lipinski definition) is 2. The van der Waals surface area contributed by atoms with E-state index in [2.05, 4.69) is 20.7 Å². The largest absolute Gasteiger partial charge is 0.444 e. The molecule has 1 aromatic rings. The number of nitrogens with one attached hydrogen (secondary N) is 1. The minimum atomic E-state index is -0.715. The molecule has 5 nitrogen and oxygen atoms in total. The Morgan fingerprint density at radius 2 is 2.07 bits per heavy atom. The lowest BCUT2D eigenvalue weighted by atomic mass is 10.2. The van der Waals surface area contributed by atoms with E-state index in [9.17, 15) is 4.79 Å². The molecule has 72 valence electrons. The molecule has 0 aliphatic heterocycles. The number of carbonyl (C=O) groups excluding carboxylic acids is 1. The molecule has 14 heavy (non-hydrogen) atoms. The fourth-order valence-electron chi connectivity index (χ4n) is 0.928. The molecule has 0 saturated heterocycles. The van der Waals surface area contributed by atoms with Gasteiger partial charge in [0, 0.05) is 5.69 Å². The van der Waals surface area contributed by atoms with Gasteiger partial charge in [-0.3, -0.25) is 5.32 Å². The first kappa shape index (κ1) is 10.6. The first-order valence-electron chi connectivity index (χ1n) is 3.84. The highest BCUT2D eigenvalue weighted by Gasteiger charge is 2.00. The maximum atomic E-state index is 10.7. The zero-order chi connectivity index (χ0) is 10.4. The number of nitrogens with two attached hydrogens (primary N) is 1. The fourth-order valence-corrected chi connectivity index (χ4v) is 0.928. The van der Waals surface area contributed by atoms with Crippen molar-refractivity contribution < 1.29 is 14.3 Å². The number of carbonyl (C=O) groups is 1. The molecule has 2 radical (unpaired) electrons. The van der Waals surface area contributed by atoms with Crippen LogP contribution in [0.1, 0.15) is 5.56 Å². The fraction of sp³-hybridized carbons (Fsp3) is 0.125. The van der Waals surface area contributed by atoms with Crippen molar-refractivity contribution in [2.75, 3.05) is 5.32 Å². The van der Waals surface area contributed by atoms with Crippen LogP contribution in [0, 0.1) is 0 Å². The number of hydrogen-bond acceptors (Lipinski definition) is 4. The topological polar surface area (TPSA) is 73.6 Å². The Kier molecular flexibility index (Phi) is 3.96. The second-order valence-electron chi connectivity index (χ2n) is 2.54. The normalized spacial score (nSPS) is 9.50. The monoisotopic (exact) mass is 192 g/mol. The Hall–Kier alpha value is -1.53. The highest BCUT2D eigenvalue weighted by molar-refractivity contribution is 5.97. The lowest BCUT2D eigenvalue weighted by Crippen LogP contribution is -2.17. The van der Waals surface area contributed by atoms with Crippen LogP contribution >= 0.6 is 0 Å². The molecule has 0 fully saturated rings. The van der Waals surface area contributed by atoms with Crippen LogP contribution in [0.3, 0.4) is 0 Å². The summed E-state index contributed by atoms with van der Waals surface area (Å²) < 4.78 is 4.44. The summed E-state index contributed by atoms with van der Waals surface area (Å²) in [6.07, 6.45) is -0.715. The molecule has 0 heterocycles. The van der Waals surface area contributed by atoms with Gasteiger partial charge in [-0.2, -0.15) is 5.90 Å². The zero-order valence-corrected chi connectivity index (χ0v) is 7.40. The smallest absolute Gasteiger partial charge is 0.430 e. The molecule has 1 rings (SSSR count). The van der Waals surface area contributed by atoms with Crippen LogP contribution in [0.15, 0.2) is 24.3 Å². The van der Waals surface area contributed by atoms with E-state index in [0.717, 1.165) is 5.56 Å². The summed E-state index contributed by atoms with van der Waals surface area (Å²) in [6.45, 7) is 0.321. The Bertz CT molecular complexity index is 302. The van der Waals surface area contributed by atoms with Gasteiger partial charge >= 0.3 is 6.09 Å². The average Bonchev–Trinajstić information content (AvgIpc) is 2.21. The first-order valence-corrected chi connectivity index (χ1v) is 3.84. The summed E-state index contributed by atoms with van der Waals surface area (Å²) in [6, 6.07) is 6.90. The lowest BCUT2D eigenvalue weighted by Gasteiger charge is -2.04. The van der Waals surface area contributed by atoms with Gasteiger partial charge in [0.15, 0.2) is 0 Å². The van der Waals surface area contributed by atoms with E-state index in [1.165, 1.54) is 0 Å². The maximum absolute atomic E-state index is 10.7. The number of benzene rings is 1. The minimum Gasteiger partial charge on any atom is -0.444 e. The molecular weight excluding hydrogens is 183 g/mol. The summed E-state index contributed by atoms with van der Waals surface area (Å²) in [7, 11) is 4.89. The highest BCUT2D eigenvalue weighted by Crippen LogP contribution is 2.09. The van der Waals surface area contributed by atoms with Crippen molar-refractivity contribution >= 4 is 19.8 Å². The van der Waals surface area contributed by atoms with Gasteiger partial charge in [-0.15, -0.1) is 0 Å². The summed E-state index contributed by atoms with van der Waals surface area (Å²) in [5.41, 5.74) is 1.49. The number of rotatable bonds is 3. The predicted octanol–water partition coefficient (Wildman–Crippen LogP) is 0.709. The van der Waals surface area contributed by atoms with Crippen molar-refractivity contribution in [3.8, 4) is 0 Å². The molecule has 0 aliphatic carbocycles. The third kappa shape index (κ3) is 3.08. The average molecular weight is 192 g/mol. The molecule has 0 atom stereocenters. The van der Waals surface area contributed by atoms with Gasteiger partial charge in [-0.05, 0) is 17.7 Å². The second kappa shape index (κ2) is 5.26. The van der Waals surface area contributed by atoms with Crippen LogP contribution < -0.4 is 11.2 Å². The quantitative estimate of drug-likeness (QED) is 0.546. The second-order valence-corrected chi connectivity index (χ2v) is 2.54. The molecule has 3 N–H and O–H groups in total. The third-order valence-electron chi connectivity index (χ3n) is 1.56. The van der Waals surface area contributed by atoms with E-state index in [1.54, 1.807) is 24.3 Å². The van der Waals surface area contributed by atoms with Crippen LogP contribution in [0.2, 0.25) is 0 Å². The van der Waals surface area contributed by atoms with Gasteiger partial charge in [0.25, 0.3) is 8.05 Å². The van der Waals surface area contributed by atoms with Crippen LogP contribution in [-0.2, 0) is 16.1 Å². The van der Waals surface area contributed by atoms with Gasteiger partial charge in [0.1, 0.15) is 0 Å². The van der Waals surface area contributed by atoms with Gasteiger partial charge < -0.3 is 9.49 Å².